The Hall–Kier alpha value is -1.69. The molecule has 0 bridgehead atoms. The van der Waals surface area contributed by atoms with E-state index in [2.05, 4.69) is 5.32 Å². The summed E-state index contributed by atoms with van der Waals surface area (Å²) < 4.78 is 31.4. The molecule has 1 aromatic carbocycles. The molecule has 22 heavy (non-hydrogen) atoms. The lowest BCUT2D eigenvalue weighted by Gasteiger charge is -2.26. The smallest absolute Gasteiger partial charge is 0.410 e. The van der Waals surface area contributed by atoms with Gasteiger partial charge in [0.2, 0.25) is 0 Å². The van der Waals surface area contributed by atoms with Crippen molar-refractivity contribution in [3.8, 4) is 0 Å². The van der Waals surface area contributed by atoms with E-state index in [4.69, 9.17) is 4.74 Å². The summed E-state index contributed by atoms with van der Waals surface area (Å²) in [5, 5.41) is 3.06. The summed E-state index contributed by atoms with van der Waals surface area (Å²) in [7, 11) is 0. The van der Waals surface area contributed by atoms with Crippen LogP contribution >= 0.6 is 0 Å². The van der Waals surface area contributed by atoms with E-state index in [9.17, 15) is 13.6 Å². The van der Waals surface area contributed by atoms with Crippen LogP contribution in [0.2, 0.25) is 0 Å². The topological polar surface area (TPSA) is 41.6 Å². The van der Waals surface area contributed by atoms with E-state index in [1.54, 1.807) is 4.90 Å². The zero-order chi connectivity index (χ0) is 16.8. The summed E-state index contributed by atoms with van der Waals surface area (Å²) in [4.78, 5) is 13.5. The monoisotopic (exact) mass is 314 g/mol. The molecule has 0 aliphatic heterocycles. The highest BCUT2D eigenvalue weighted by Crippen LogP contribution is 2.10. The van der Waals surface area contributed by atoms with Gasteiger partial charge in [0.05, 0.1) is 0 Å². The molecule has 0 aliphatic carbocycles. The lowest BCUT2D eigenvalue weighted by Crippen LogP contribution is -2.40. The minimum absolute atomic E-state index is 0.334. The van der Waals surface area contributed by atoms with Crippen molar-refractivity contribution in [3.05, 3.63) is 35.4 Å². The Morgan fingerprint density at radius 2 is 1.82 bits per heavy atom. The predicted octanol–water partition coefficient (Wildman–Crippen LogP) is 3.31. The molecule has 6 heteroatoms. The number of hydrogen-bond acceptors (Lipinski definition) is 3. The van der Waals surface area contributed by atoms with Gasteiger partial charge in [-0.05, 0) is 45.4 Å². The van der Waals surface area contributed by atoms with E-state index in [-0.39, 0.29) is 6.09 Å². The number of benzene rings is 1. The molecule has 0 unspecified atom stereocenters. The number of halogens is 2. The van der Waals surface area contributed by atoms with Gasteiger partial charge in [0.1, 0.15) is 17.2 Å². The Kier molecular flexibility index (Phi) is 6.74. The second kappa shape index (κ2) is 8.08. The maximum absolute atomic E-state index is 13.0. The lowest BCUT2D eigenvalue weighted by atomic mass is 10.2. The van der Waals surface area contributed by atoms with Crippen LogP contribution in [0, 0.1) is 11.6 Å². The largest absolute Gasteiger partial charge is 0.444 e. The van der Waals surface area contributed by atoms with Crippen molar-refractivity contribution < 1.29 is 18.3 Å². The van der Waals surface area contributed by atoms with Gasteiger partial charge in [-0.25, -0.2) is 13.6 Å². The van der Waals surface area contributed by atoms with Crippen molar-refractivity contribution in [2.45, 2.75) is 39.8 Å². The van der Waals surface area contributed by atoms with E-state index in [0.29, 0.717) is 31.7 Å². The Morgan fingerprint density at radius 3 is 2.32 bits per heavy atom. The first kappa shape index (κ1) is 18.4. The van der Waals surface area contributed by atoms with Crippen molar-refractivity contribution >= 4 is 6.09 Å². The molecule has 0 heterocycles. The van der Waals surface area contributed by atoms with Gasteiger partial charge in [0.15, 0.2) is 0 Å². The first-order chi connectivity index (χ1) is 10.2. The van der Waals surface area contributed by atoms with Gasteiger partial charge < -0.3 is 15.0 Å². The van der Waals surface area contributed by atoms with Gasteiger partial charge in [-0.2, -0.15) is 0 Å². The van der Waals surface area contributed by atoms with Crippen molar-refractivity contribution in [2.75, 3.05) is 19.6 Å². The van der Waals surface area contributed by atoms with Crippen LogP contribution in [0.5, 0.6) is 0 Å². The maximum Gasteiger partial charge on any atom is 0.410 e. The standard InChI is InChI=1S/C16H24F2N2O2/c1-5-20(15(21)22-16(2,3)4)7-6-19-11-12-8-13(17)10-14(18)9-12/h8-10,19H,5-7,11H2,1-4H3. The highest BCUT2D eigenvalue weighted by atomic mass is 19.1. The number of nitrogens with one attached hydrogen (secondary N) is 1. The number of hydrogen-bond donors (Lipinski definition) is 1. The molecule has 0 aliphatic rings. The quantitative estimate of drug-likeness (QED) is 0.819. The molecular formula is C16H24F2N2O2. The third kappa shape index (κ3) is 6.85. The fourth-order valence-corrected chi connectivity index (χ4v) is 1.86. The second-order valence-corrected chi connectivity index (χ2v) is 6.01. The van der Waals surface area contributed by atoms with Crippen molar-refractivity contribution in [2.24, 2.45) is 0 Å². The van der Waals surface area contributed by atoms with E-state index in [0.717, 1.165) is 6.07 Å². The number of carbonyl (C=O) groups is 1. The summed E-state index contributed by atoms with van der Waals surface area (Å²) in [6, 6.07) is 3.40. The van der Waals surface area contributed by atoms with Crippen LogP contribution in [0.4, 0.5) is 13.6 Å². The molecule has 1 N–H and O–H groups in total. The Morgan fingerprint density at radius 1 is 1.23 bits per heavy atom. The minimum atomic E-state index is -0.597. The molecular weight excluding hydrogens is 290 g/mol. The third-order valence-electron chi connectivity index (χ3n) is 2.84. The fourth-order valence-electron chi connectivity index (χ4n) is 1.86. The maximum atomic E-state index is 13.0. The van der Waals surface area contributed by atoms with E-state index in [1.165, 1.54) is 12.1 Å². The summed E-state index contributed by atoms with van der Waals surface area (Å²) in [6.45, 7) is 9.15. The number of ether oxygens (including phenoxy) is 1. The predicted molar refractivity (Wildman–Crippen MR) is 81.5 cm³/mol. The third-order valence-corrected chi connectivity index (χ3v) is 2.84. The van der Waals surface area contributed by atoms with Crippen molar-refractivity contribution in [1.29, 1.82) is 0 Å². The normalized spacial score (nSPS) is 11.4. The summed E-state index contributed by atoms with van der Waals surface area (Å²) in [6.07, 6.45) is -0.367. The number of likely N-dealkylation sites (N-methyl/N-ethyl adjacent to an activating group) is 1. The van der Waals surface area contributed by atoms with Crippen LogP contribution in [-0.4, -0.2) is 36.2 Å². The first-order valence-corrected chi connectivity index (χ1v) is 7.35. The van der Waals surface area contributed by atoms with Crippen molar-refractivity contribution in [1.82, 2.24) is 10.2 Å². The number of rotatable bonds is 6. The minimum Gasteiger partial charge on any atom is -0.444 e. The molecule has 1 rings (SSSR count). The van der Waals surface area contributed by atoms with E-state index >= 15 is 0 Å². The molecule has 0 saturated heterocycles. The molecule has 1 aromatic rings. The first-order valence-electron chi connectivity index (χ1n) is 7.35. The van der Waals surface area contributed by atoms with Crippen LogP contribution < -0.4 is 5.32 Å². The Labute approximate surface area is 130 Å². The second-order valence-electron chi connectivity index (χ2n) is 6.01. The summed E-state index contributed by atoms with van der Waals surface area (Å²) in [5.74, 6) is -1.19. The summed E-state index contributed by atoms with van der Waals surface area (Å²) in [5.41, 5.74) is -0.00497. The van der Waals surface area contributed by atoms with Crippen LogP contribution in [0.1, 0.15) is 33.3 Å². The van der Waals surface area contributed by atoms with Gasteiger partial charge in [-0.15, -0.1) is 0 Å². The SMILES string of the molecule is CCN(CCNCc1cc(F)cc(F)c1)C(=O)OC(C)(C)C. The molecule has 0 radical (unpaired) electrons. The van der Waals surface area contributed by atoms with Crippen LogP contribution in [-0.2, 0) is 11.3 Å². The number of nitrogens with zero attached hydrogens (tertiary/aromatic N) is 1. The fraction of sp³-hybridized carbons (Fsp3) is 0.562. The number of amides is 1. The van der Waals surface area contributed by atoms with Gasteiger partial charge in [-0.3, -0.25) is 0 Å². The molecule has 0 spiro atoms. The van der Waals surface area contributed by atoms with Crippen LogP contribution in [0.15, 0.2) is 18.2 Å². The van der Waals surface area contributed by atoms with Crippen molar-refractivity contribution in [3.63, 3.8) is 0 Å². The lowest BCUT2D eigenvalue weighted by molar-refractivity contribution is 0.0262. The zero-order valence-corrected chi connectivity index (χ0v) is 13.6. The zero-order valence-electron chi connectivity index (χ0n) is 13.6. The van der Waals surface area contributed by atoms with Gasteiger partial charge >= 0.3 is 6.09 Å². The van der Waals surface area contributed by atoms with Gasteiger partial charge in [-0.1, -0.05) is 0 Å². The molecule has 0 fully saturated rings. The average molecular weight is 314 g/mol. The van der Waals surface area contributed by atoms with E-state index in [1.807, 2.05) is 27.7 Å². The molecule has 0 atom stereocenters. The molecule has 4 nitrogen and oxygen atoms in total. The van der Waals surface area contributed by atoms with Crippen LogP contribution in [0.25, 0.3) is 0 Å². The molecule has 0 aromatic heterocycles. The molecule has 0 saturated carbocycles. The van der Waals surface area contributed by atoms with E-state index < -0.39 is 17.2 Å². The average Bonchev–Trinajstić information content (AvgIpc) is 2.35. The molecule has 124 valence electrons. The summed E-state index contributed by atoms with van der Waals surface area (Å²) >= 11 is 0. The molecule has 1 amide bonds. The highest BCUT2D eigenvalue weighted by Gasteiger charge is 2.20. The van der Waals surface area contributed by atoms with Crippen LogP contribution in [0.3, 0.4) is 0 Å². The Balaban J connectivity index is 2.39. The van der Waals surface area contributed by atoms with Gasteiger partial charge in [0, 0.05) is 32.2 Å². The number of carbonyl (C=O) groups excluding carboxylic acids is 1. The highest BCUT2D eigenvalue weighted by molar-refractivity contribution is 5.68. The van der Waals surface area contributed by atoms with Gasteiger partial charge in [0.25, 0.3) is 0 Å². The Bertz CT molecular complexity index is 481.